The summed E-state index contributed by atoms with van der Waals surface area (Å²) in [5.41, 5.74) is 9.47. The molecule has 2 heterocycles. The summed E-state index contributed by atoms with van der Waals surface area (Å²) in [6.45, 7) is 4.00. The predicted octanol–water partition coefficient (Wildman–Crippen LogP) is 6.88. The van der Waals surface area contributed by atoms with Crippen LogP contribution in [0.3, 0.4) is 0 Å². The number of ether oxygens (including phenoxy) is 1. The molecule has 0 amide bonds. The van der Waals surface area contributed by atoms with Gasteiger partial charge in [-0.1, -0.05) is 43.6 Å². The number of nitro groups is 1. The Morgan fingerprint density at radius 2 is 2.02 bits per heavy atom. The molecule has 0 spiro atoms. The van der Waals surface area contributed by atoms with Gasteiger partial charge in [0.2, 0.25) is 0 Å². The van der Waals surface area contributed by atoms with E-state index in [1.165, 1.54) is 18.2 Å². The van der Waals surface area contributed by atoms with Crippen molar-refractivity contribution in [1.82, 2.24) is 4.98 Å². The Kier molecular flexibility index (Phi) is 7.99. The van der Waals surface area contributed by atoms with Crippen molar-refractivity contribution in [3.8, 4) is 11.8 Å². The summed E-state index contributed by atoms with van der Waals surface area (Å²) >= 11 is 8.11. The van der Waals surface area contributed by atoms with Gasteiger partial charge in [-0.2, -0.15) is 5.26 Å². The zero-order chi connectivity index (χ0) is 30.2. The van der Waals surface area contributed by atoms with Gasteiger partial charge in [-0.05, 0) is 41.7 Å². The molecule has 1 aromatic heterocycles. The third kappa shape index (κ3) is 5.45. The average molecular weight is 602 g/mol. The number of carbonyl (C=O) groups is 1. The molecule has 2 N–H and O–H groups in total. The molecule has 0 radical (unpaired) electrons. The number of hydrogen-bond donors (Lipinski definition) is 1. The second-order valence-electron chi connectivity index (χ2n) is 10.9. The van der Waals surface area contributed by atoms with Crippen LogP contribution in [-0.4, -0.2) is 22.8 Å². The first-order chi connectivity index (χ1) is 20.0. The maximum Gasteiger partial charge on any atom is 0.271 e. The standard InChI is InChI=1S/C31H28ClN5O4S/c1-31(2)14-24-29(25(38)15-31)28(18-7-10-26(41-3)19(12-18)17-42-27-6-4-5-11-35-27)21(16-33)30(34)36(24)23-9-8-20(37(39)40)13-22(23)32/h4-13,28H,14-15,17,34H2,1-3H3/t28-/m0/s1. The number of Topliss-reactive ketones (excluding diaryl/α,β-unsaturated/α-hetero) is 1. The summed E-state index contributed by atoms with van der Waals surface area (Å²) in [7, 11) is 1.60. The van der Waals surface area contributed by atoms with Crippen molar-refractivity contribution < 1.29 is 14.5 Å². The van der Waals surface area contributed by atoms with Gasteiger partial charge in [0.05, 0.1) is 45.3 Å². The SMILES string of the molecule is COc1ccc([C@H]2C(C#N)=C(N)N(c3ccc([N+](=O)[O-])cc3Cl)C3=C2C(=O)CC(C)(C)C3)cc1CSc1ccccn1. The first kappa shape index (κ1) is 29.2. The molecule has 214 valence electrons. The Balaban J connectivity index is 1.66. The number of allylic oxidation sites excluding steroid dienone is 3. The number of rotatable bonds is 7. The van der Waals surface area contributed by atoms with Crippen LogP contribution in [-0.2, 0) is 10.5 Å². The summed E-state index contributed by atoms with van der Waals surface area (Å²) < 4.78 is 5.63. The lowest BCUT2D eigenvalue weighted by Gasteiger charge is -2.44. The highest BCUT2D eigenvalue weighted by atomic mass is 35.5. The molecular weight excluding hydrogens is 574 g/mol. The van der Waals surface area contributed by atoms with Crippen LogP contribution < -0.4 is 15.4 Å². The number of hydrogen-bond acceptors (Lipinski definition) is 9. The molecule has 0 saturated carbocycles. The number of benzene rings is 2. The van der Waals surface area contributed by atoms with Gasteiger partial charge in [0.15, 0.2) is 5.78 Å². The molecule has 3 aromatic rings. The number of ketones is 1. The average Bonchev–Trinajstić information content (AvgIpc) is 2.95. The highest BCUT2D eigenvalue weighted by Gasteiger charge is 2.45. The molecule has 2 aliphatic rings. The molecule has 1 aliphatic carbocycles. The Morgan fingerprint density at radius 3 is 2.67 bits per heavy atom. The van der Waals surface area contributed by atoms with Gasteiger partial charge >= 0.3 is 0 Å². The van der Waals surface area contributed by atoms with Crippen molar-refractivity contribution >= 4 is 40.5 Å². The zero-order valence-electron chi connectivity index (χ0n) is 23.3. The van der Waals surface area contributed by atoms with Crippen LogP contribution in [0.5, 0.6) is 5.75 Å². The van der Waals surface area contributed by atoms with Crippen molar-refractivity contribution in [3.63, 3.8) is 0 Å². The fraction of sp³-hybridized carbons (Fsp3) is 0.258. The monoisotopic (exact) mass is 601 g/mol. The number of pyridine rings is 1. The van der Waals surface area contributed by atoms with E-state index < -0.39 is 10.8 Å². The summed E-state index contributed by atoms with van der Waals surface area (Å²) in [5, 5.41) is 22.7. The minimum atomic E-state index is -0.703. The van der Waals surface area contributed by atoms with E-state index in [2.05, 4.69) is 11.1 Å². The molecule has 42 heavy (non-hydrogen) atoms. The fourth-order valence-corrected chi connectivity index (χ4v) is 6.68. The number of methoxy groups -OCH3 is 1. The molecule has 2 aromatic carbocycles. The Bertz CT molecular complexity index is 1700. The minimum Gasteiger partial charge on any atom is -0.496 e. The summed E-state index contributed by atoms with van der Waals surface area (Å²) in [6.07, 6.45) is 2.51. The second kappa shape index (κ2) is 11.5. The Morgan fingerprint density at radius 1 is 1.24 bits per heavy atom. The molecular formula is C31H28ClN5O4S. The lowest BCUT2D eigenvalue weighted by Crippen LogP contribution is -2.42. The third-order valence-corrected chi connectivity index (χ3v) is 8.71. The lowest BCUT2D eigenvalue weighted by molar-refractivity contribution is -0.384. The van der Waals surface area contributed by atoms with Crippen LogP contribution in [0, 0.1) is 26.9 Å². The second-order valence-corrected chi connectivity index (χ2v) is 12.3. The molecule has 1 atom stereocenters. The van der Waals surface area contributed by atoms with E-state index in [-0.39, 0.29) is 33.3 Å². The highest BCUT2D eigenvalue weighted by Crippen LogP contribution is 2.51. The summed E-state index contributed by atoms with van der Waals surface area (Å²) in [4.78, 5) is 30.7. The Hall–Kier alpha value is -4.33. The number of aromatic nitrogens is 1. The van der Waals surface area contributed by atoms with Gasteiger partial charge in [-0.25, -0.2) is 4.98 Å². The van der Waals surface area contributed by atoms with Gasteiger partial charge in [0.25, 0.3) is 5.69 Å². The van der Waals surface area contributed by atoms with Gasteiger partial charge in [-0.3, -0.25) is 19.8 Å². The van der Waals surface area contributed by atoms with E-state index in [0.29, 0.717) is 41.3 Å². The van der Waals surface area contributed by atoms with Crippen molar-refractivity contribution in [2.24, 2.45) is 11.1 Å². The maximum atomic E-state index is 13.9. The van der Waals surface area contributed by atoms with Crippen molar-refractivity contribution in [2.45, 2.75) is 43.4 Å². The van der Waals surface area contributed by atoms with Gasteiger partial charge in [-0.15, -0.1) is 11.8 Å². The summed E-state index contributed by atoms with van der Waals surface area (Å²) in [5.74, 6) is 0.570. The number of anilines is 1. The molecule has 9 nitrogen and oxygen atoms in total. The van der Waals surface area contributed by atoms with Crippen molar-refractivity contribution in [3.05, 3.63) is 110 Å². The number of carbonyl (C=O) groups excluding carboxylic acids is 1. The molecule has 5 rings (SSSR count). The molecule has 1 aliphatic heterocycles. The molecule has 11 heteroatoms. The van der Waals surface area contributed by atoms with E-state index in [0.717, 1.165) is 16.2 Å². The number of non-ortho nitro benzene ring substituents is 1. The molecule has 0 bridgehead atoms. The normalized spacial score (nSPS) is 18.0. The van der Waals surface area contributed by atoms with Crippen molar-refractivity contribution in [2.75, 3.05) is 12.0 Å². The number of nitriles is 1. The van der Waals surface area contributed by atoms with E-state index in [9.17, 15) is 20.2 Å². The number of nitro benzene ring substituents is 1. The van der Waals surface area contributed by atoms with E-state index >= 15 is 0 Å². The van der Waals surface area contributed by atoms with Crippen LogP contribution in [0.15, 0.2) is 88.5 Å². The number of halogens is 1. The first-order valence-electron chi connectivity index (χ1n) is 13.2. The van der Waals surface area contributed by atoms with Crippen LogP contribution in [0.25, 0.3) is 0 Å². The van der Waals surface area contributed by atoms with Gasteiger partial charge < -0.3 is 10.5 Å². The predicted molar refractivity (Wildman–Crippen MR) is 162 cm³/mol. The van der Waals surface area contributed by atoms with Crippen LogP contribution in [0.1, 0.15) is 43.7 Å². The van der Waals surface area contributed by atoms with Gasteiger partial charge in [0.1, 0.15) is 11.6 Å². The number of thioether (sulfide) groups is 1. The van der Waals surface area contributed by atoms with Gasteiger partial charge in [0, 0.05) is 47.3 Å². The summed E-state index contributed by atoms with van der Waals surface area (Å²) in [6, 6.07) is 17.7. The first-order valence-corrected chi connectivity index (χ1v) is 14.5. The van der Waals surface area contributed by atoms with Crippen molar-refractivity contribution in [1.29, 1.82) is 5.26 Å². The zero-order valence-corrected chi connectivity index (χ0v) is 24.8. The topological polar surface area (TPSA) is 135 Å². The quantitative estimate of drug-likeness (QED) is 0.174. The van der Waals surface area contributed by atoms with E-state index in [1.807, 2.05) is 50.2 Å². The van der Waals surface area contributed by atoms with E-state index in [1.54, 1.807) is 30.0 Å². The maximum absolute atomic E-state index is 13.9. The third-order valence-electron chi connectivity index (χ3n) is 7.42. The Labute approximate surface area is 252 Å². The highest BCUT2D eigenvalue weighted by molar-refractivity contribution is 7.98. The number of nitrogens with two attached hydrogens (primary N) is 1. The largest absolute Gasteiger partial charge is 0.496 e. The smallest absolute Gasteiger partial charge is 0.271 e. The fourth-order valence-electron chi connectivity index (χ4n) is 5.58. The van der Waals surface area contributed by atoms with Crippen LogP contribution in [0.2, 0.25) is 5.02 Å². The van der Waals surface area contributed by atoms with Crippen LogP contribution >= 0.6 is 23.4 Å². The minimum absolute atomic E-state index is 0.0869. The molecule has 0 fully saturated rings. The number of nitrogens with zero attached hydrogens (tertiary/aromatic N) is 4. The lowest BCUT2D eigenvalue weighted by atomic mass is 9.68. The van der Waals surface area contributed by atoms with Crippen LogP contribution in [0.4, 0.5) is 11.4 Å². The molecule has 0 saturated heterocycles. The van der Waals surface area contributed by atoms with E-state index in [4.69, 9.17) is 22.1 Å². The molecule has 0 unspecified atom stereocenters.